The van der Waals surface area contributed by atoms with Crippen molar-refractivity contribution in [3.63, 3.8) is 0 Å². The predicted molar refractivity (Wildman–Crippen MR) is 197 cm³/mol. The summed E-state index contributed by atoms with van der Waals surface area (Å²) in [5, 5.41) is 0. The van der Waals surface area contributed by atoms with Crippen molar-refractivity contribution in [2.45, 2.75) is 98.3 Å². The zero-order valence-corrected chi connectivity index (χ0v) is 29.8. The fourth-order valence-electron chi connectivity index (χ4n) is 4.70. The molecule has 4 rings (SSSR count). The SMILES string of the molecule is CCCCCOc1cccc(N2C=C(OC(=O)CCCC)N=CC2)c1.CCCCOc1cccc(N2C=C(OC(=O)CCCC)N=CC2)c1. The van der Waals surface area contributed by atoms with E-state index in [0.717, 1.165) is 81.0 Å². The molecular weight excluding hydrogens is 620 g/mol. The number of esters is 2. The molecule has 2 aliphatic rings. The molecule has 2 aromatic rings. The summed E-state index contributed by atoms with van der Waals surface area (Å²) >= 11 is 0. The Bertz CT molecular complexity index is 1420. The number of carbonyl (C=O) groups is 2. The summed E-state index contributed by atoms with van der Waals surface area (Å²) in [6.07, 6.45) is 17.0. The van der Waals surface area contributed by atoms with Crippen molar-refractivity contribution in [3.8, 4) is 11.5 Å². The minimum atomic E-state index is -0.237. The highest BCUT2D eigenvalue weighted by Crippen LogP contribution is 2.25. The number of rotatable bonds is 19. The minimum Gasteiger partial charge on any atom is -0.494 e. The first-order chi connectivity index (χ1) is 23.9. The van der Waals surface area contributed by atoms with Crippen LogP contribution in [0.5, 0.6) is 11.5 Å². The molecular formula is C39H54N4O6. The minimum absolute atomic E-state index is 0.236. The largest absolute Gasteiger partial charge is 0.494 e. The van der Waals surface area contributed by atoms with E-state index in [2.05, 4.69) is 23.8 Å². The van der Waals surface area contributed by atoms with Crippen LogP contribution in [0.4, 0.5) is 11.4 Å². The quantitative estimate of drug-likeness (QED) is 0.108. The van der Waals surface area contributed by atoms with Crippen LogP contribution in [0.2, 0.25) is 0 Å². The maximum absolute atomic E-state index is 11.8. The second-order valence-electron chi connectivity index (χ2n) is 11.8. The maximum atomic E-state index is 11.8. The van der Waals surface area contributed by atoms with Crippen LogP contribution < -0.4 is 19.3 Å². The molecule has 0 atom stereocenters. The van der Waals surface area contributed by atoms with Gasteiger partial charge in [0.05, 0.1) is 38.7 Å². The Kier molecular flexibility index (Phi) is 18.1. The number of nitrogens with zero attached hydrogens (tertiary/aromatic N) is 4. The summed E-state index contributed by atoms with van der Waals surface area (Å²) in [5.41, 5.74) is 1.97. The molecule has 2 heterocycles. The molecule has 0 bridgehead atoms. The van der Waals surface area contributed by atoms with Crippen molar-refractivity contribution in [2.24, 2.45) is 9.98 Å². The van der Waals surface area contributed by atoms with Gasteiger partial charge in [0.15, 0.2) is 0 Å². The average molecular weight is 675 g/mol. The highest BCUT2D eigenvalue weighted by Gasteiger charge is 2.15. The molecule has 2 aliphatic heterocycles. The second-order valence-corrected chi connectivity index (χ2v) is 11.8. The van der Waals surface area contributed by atoms with Gasteiger partial charge in [0.2, 0.25) is 11.8 Å². The molecule has 0 aromatic heterocycles. The Morgan fingerprint density at radius 2 is 1.06 bits per heavy atom. The number of benzene rings is 2. The van der Waals surface area contributed by atoms with Crippen molar-refractivity contribution in [1.29, 1.82) is 0 Å². The van der Waals surface area contributed by atoms with Gasteiger partial charge >= 0.3 is 11.9 Å². The average Bonchev–Trinajstić information content (AvgIpc) is 3.12. The first-order valence-corrected chi connectivity index (χ1v) is 17.8. The number of ether oxygens (including phenoxy) is 4. The van der Waals surface area contributed by atoms with Crippen molar-refractivity contribution < 1.29 is 28.5 Å². The molecule has 0 amide bonds. The topological polar surface area (TPSA) is 102 Å². The molecule has 10 nitrogen and oxygen atoms in total. The Hall–Kier alpha value is -4.60. The molecule has 2 aromatic carbocycles. The summed E-state index contributed by atoms with van der Waals surface area (Å²) in [5.74, 6) is 1.89. The Morgan fingerprint density at radius 3 is 1.51 bits per heavy atom. The molecule has 0 N–H and O–H groups in total. The Morgan fingerprint density at radius 1 is 0.612 bits per heavy atom. The molecule has 0 saturated carbocycles. The maximum Gasteiger partial charge on any atom is 0.312 e. The van der Waals surface area contributed by atoms with E-state index in [0.29, 0.717) is 37.7 Å². The third-order valence-electron chi connectivity index (χ3n) is 7.51. The zero-order chi connectivity index (χ0) is 35.1. The van der Waals surface area contributed by atoms with Crippen LogP contribution in [0, 0.1) is 0 Å². The first-order valence-electron chi connectivity index (χ1n) is 17.8. The lowest BCUT2D eigenvalue weighted by Gasteiger charge is -2.22. The van der Waals surface area contributed by atoms with E-state index < -0.39 is 0 Å². The number of anilines is 2. The lowest BCUT2D eigenvalue weighted by atomic mass is 10.2. The molecule has 49 heavy (non-hydrogen) atoms. The van der Waals surface area contributed by atoms with E-state index in [9.17, 15) is 9.59 Å². The van der Waals surface area contributed by atoms with Crippen molar-refractivity contribution >= 4 is 35.7 Å². The summed E-state index contributed by atoms with van der Waals surface area (Å²) in [6, 6.07) is 15.8. The van der Waals surface area contributed by atoms with E-state index in [1.807, 2.05) is 72.2 Å². The van der Waals surface area contributed by atoms with E-state index in [1.54, 1.807) is 24.8 Å². The number of carbonyl (C=O) groups excluding carboxylic acids is 2. The summed E-state index contributed by atoms with van der Waals surface area (Å²) in [7, 11) is 0. The van der Waals surface area contributed by atoms with Crippen LogP contribution in [0.1, 0.15) is 98.3 Å². The van der Waals surface area contributed by atoms with Crippen LogP contribution in [-0.2, 0) is 19.1 Å². The van der Waals surface area contributed by atoms with E-state index >= 15 is 0 Å². The molecule has 0 unspecified atom stereocenters. The number of aliphatic imine (C=N–C) groups is 2. The highest BCUT2D eigenvalue weighted by molar-refractivity contribution is 5.75. The lowest BCUT2D eigenvalue weighted by molar-refractivity contribution is -0.140. The third-order valence-corrected chi connectivity index (χ3v) is 7.51. The van der Waals surface area contributed by atoms with Gasteiger partial charge in [0, 0.05) is 48.8 Å². The molecule has 0 fully saturated rings. The summed E-state index contributed by atoms with van der Waals surface area (Å²) in [4.78, 5) is 35.8. The van der Waals surface area contributed by atoms with Crippen molar-refractivity contribution in [3.05, 3.63) is 72.7 Å². The third kappa shape index (κ3) is 15.0. The van der Waals surface area contributed by atoms with Crippen LogP contribution >= 0.6 is 0 Å². The fourth-order valence-corrected chi connectivity index (χ4v) is 4.70. The van der Waals surface area contributed by atoms with Gasteiger partial charge in [-0.2, -0.15) is 0 Å². The normalized spacial score (nSPS) is 13.6. The van der Waals surface area contributed by atoms with E-state index in [1.165, 1.54) is 12.8 Å². The fraction of sp³-hybridized carbons (Fsp3) is 0.487. The number of hydrogen-bond donors (Lipinski definition) is 0. The van der Waals surface area contributed by atoms with Gasteiger partial charge in [0.1, 0.15) is 11.5 Å². The first kappa shape index (κ1) is 38.8. The molecule has 10 heteroatoms. The zero-order valence-electron chi connectivity index (χ0n) is 29.8. The molecule has 0 radical (unpaired) electrons. The summed E-state index contributed by atoms with van der Waals surface area (Å²) < 4.78 is 22.2. The molecule has 0 aliphatic carbocycles. The van der Waals surface area contributed by atoms with Gasteiger partial charge in [0.25, 0.3) is 0 Å². The molecule has 266 valence electrons. The molecule has 0 saturated heterocycles. The van der Waals surface area contributed by atoms with Gasteiger partial charge in [-0.1, -0.05) is 71.9 Å². The van der Waals surface area contributed by atoms with Crippen LogP contribution in [0.15, 0.2) is 82.7 Å². The monoisotopic (exact) mass is 674 g/mol. The smallest absolute Gasteiger partial charge is 0.312 e. The number of hydrogen-bond acceptors (Lipinski definition) is 10. The van der Waals surface area contributed by atoms with Crippen LogP contribution in [-0.4, -0.2) is 50.7 Å². The predicted octanol–water partition coefficient (Wildman–Crippen LogP) is 8.97. The van der Waals surface area contributed by atoms with Gasteiger partial charge in [-0.3, -0.25) is 9.59 Å². The Balaban J connectivity index is 0.000000266. The van der Waals surface area contributed by atoms with Gasteiger partial charge < -0.3 is 28.7 Å². The van der Waals surface area contributed by atoms with Crippen molar-refractivity contribution in [2.75, 3.05) is 36.1 Å². The number of unbranched alkanes of at least 4 members (excludes halogenated alkanes) is 5. The van der Waals surface area contributed by atoms with Crippen LogP contribution in [0.25, 0.3) is 0 Å². The van der Waals surface area contributed by atoms with Crippen LogP contribution in [0.3, 0.4) is 0 Å². The van der Waals surface area contributed by atoms with Gasteiger partial charge in [-0.25, -0.2) is 9.98 Å². The van der Waals surface area contributed by atoms with Gasteiger partial charge in [-0.15, -0.1) is 0 Å². The highest BCUT2D eigenvalue weighted by atomic mass is 16.6. The molecule has 0 spiro atoms. The standard InChI is InChI=1S/C20H28N2O3.C19H26N2O3/c1-3-5-7-14-24-18-10-8-9-17(15-18)22-13-12-21-19(16-22)25-20(23)11-6-4-2;1-3-5-10-19(22)24-18-15-21(12-11-20-18)16-8-7-9-17(14-16)23-13-6-4-2/h8-10,12,15-16H,3-7,11,13-14H2,1-2H3;7-9,11,14-15H,3-6,10,12-13H2,1-2H3. The second kappa shape index (κ2) is 22.9. The van der Waals surface area contributed by atoms with E-state index in [-0.39, 0.29) is 11.9 Å². The lowest BCUT2D eigenvalue weighted by Crippen LogP contribution is -2.23. The Labute approximate surface area is 292 Å². The van der Waals surface area contributed by atoms with Crippen molar-refractivity contribution in [1.82, 2.24) is 0 Å². The van der Waals surface area contributed by atoms with Gasteiger partial charge in [-0.05, 0) is 49.9 Å². The summed E-state index contributed by atoms with van der Waals surface area (Å²) in [6.45, 7) is 11.1. The van der Waals surface area contributed by atoms with E-state index in [4.69, 9.17) is 18.9 Å².